The van der Waals surface area contributed by atoms with E-state index in [9.17, 15) is 4.79 Å². The molecule has 110 valence electrons. The summed E-state index contributed by atoms with van der Waals surface area (Å²) in [4.78, 5) is 18.7. The Morgan fingerprint density at radius 3 is 3.00 bits per heavy atom. The van der Waals surface area contributed by atoms with Crippen LogP contribution in [0.15, 0.2) is 30.5 Å². The van der Waals surface area contributed by atoms with Crippen molar-refractivity contribution in [3.8, 4) is 0 Å². The van der Waals surface area contributed by atoms with Crippen molar-refractivity contribution in [2.45, 2.75) is 13.3 Å². The number of amides is 1. The molecule has 0 radical (unpaired) electrons. The number of nitrogens with two attached hydrogens (primary N) is 1. The topological polar surface area (TPSA) is 71.2 Å². The number of hydrogen-bond donors (Lipinski definition) is 2. The zero-order valence-corrected chi connectivity index (χ0v) is 12.4. The van der Waals surface area contributed by atoms with Crippen LogP contribution < -0.4 is 16.0 Å². The van der Waals surface area contributed by atoms with E-state index in [1.165, 1.54) is 0 Å². The van der Waals surface area contributed by atoms with Crippen LogP contribution in [0.3, 0.4) is 0 Å². The monoisotopic (exact) mass is 284 g/mol. The quantitative estimate of drug-likeness (QED) is 0.825. The van der Waals surface area contributed by atoms with Crippen molar-refractivity contribution in [3.63, 3.8) is 0 Å². The fourth-order valence-electron chi connectivity index (χ4n) is 3.08. The molecule has 1 atom stereocenters. The Balaban J connectivity index is 1.97. The van der Waals surface area contributed by atoms with Crippen LogP contribution in [-0.2, 0) is 4.79 Å². The van der Waals surface area contributed by atoms with Crippen LogP contribution in [0.5, 0.6) is 0 Å². The Hall–Kier alpha value is -2.30. The summed E-state index contributed by atoms with van der Waals surface area (Å²) in [6.45, 7) is 3.61. The van der Waals surface area contributed by atoms with E-state index >= 15 is 0 Å². The van der Waals surface area contributed by atoms with Gasteiger partial charge in [-0.3, -0.25) is 9.78 Å². The number of benzene rings is 1. The van der Waals surface area contributed by atoms with Gasteiger partial charge < -0.3 is 16.0 Å². The highest BCUT2D eigenvalue weighted by atomic mass is 16.2. The van der Waals surface area contributed by atoms with Gasteiger partial charge >= 0.3 is 0 Å². The number of carbonyl (C=O) groups is 1. The van der Waals surface area contributed by atoms with Gasteiger partial charge in [0.05, 0.1) is 10.9 Å². The van der Waals surface area contributed by atoms with E-state index in [2.05, 4.69) is 15.2 Å². The predicted molar refractivity (Wildman–Crippen MR) is 85.2 cm³/mol. The fraction of sp³-hybridized carbons (Fsp3) is 0.375. The number of aromatic nitrogens is 1. The average Bonchev–Trinajstić information content (AvgIpc) is 2.89. The number of nitrogens with one attached hydrogen (secondary N) is 1. The van der Waals surface area contributed by atoms with Crippen molar-refractivity contribution in [1.29, 1.82) is 0 Å². The van der Waals surface area contributed by atoms with Crippen molar-refractivity contribution >= 4 is 28.2 Å². The van der Waals surface area contributed by atoms with Gasteiger partial charge in [-0.2, -0.15) is 0 Å². The molecule has 1 saturated heterocycles. The summed E-state index contributed by atoms with van der Waals surface area (Å²) in [5, 5.41) is 3.85. The molecule has 1 fully saturated rings. The molecule has 1 amide bonds. The summed E-state index contributed by atoms with van der Waals surface area (Å²) in [6, 6.07) is 7.78. The molecular formula is C16H20N4O. The number of hydrogen-bond acceptors (Lipinski definition) is 4. The highest BCUT2D eigenvalue weighted by molar-refractivity contribution is 5.94. The van der Waals surface area contributed by atoms with Crippen LogP contribution in [0.2, 0.25) is 0 Å². The highest BCUT2D eigenvalue weighted by Crippen LogP contribution is 2.36. The third kappa shape index (κ3) is 2.28. The van der Waals surface area contributed by atoms with E-state index in [1.54, 1.807) is 13.2 Å². The summed E-state index contributed by atoms with van der Waals surface area (Å²) >= 11 is 0. The minimum atomic E-state index is -0.335. The van der Waals surface area contributed by atoms with Crippen LogP contribution >= 0.6 is 0 Å². The van der Waals surface area contributed by atoms with Gasteiger partial charge in [0.25, 0.3) is 0 Å². The minimum absolute atomic E-state index is 0.104. The van der Waals surface area contributed by atoms with Crippen molar-refractivity contribution in [2.24, 2.45) is 5.41 Å². The van der Waals surface area contributed by atoms with E-state index in [0.717, 1.165) is 36.1 Å². The molecule has 2 aromatic rings. The number of pyridine rings is 1. The number of nitrogens with zero attached hydrogens (tertiary/aromatic N) is 2. The van der Waals surface area contributed by atoms with Gasteiger partial charge in [-0.15, -0.1) is 0 Å². The van der Waals surface area contributed by atoms with Crippen LogP contribution in [0.1, 0.15) is 13.3 Å². The number of nitrogen functional groups attached to an aromatic ring is 1. The van der Waals surface area contributed by atoms with E-state index in [4.69, 9.17) is 5.73 Å². The largest absolute Gasteiger partial charge is 0.399 e. The van der Waals surface area contributed by atoms with Crippen LogP contribution in [0, 0.1) is 5.41 Å². The Kier molecular flexibility index (Phi) is 3.20. The molecule has 21 heavy (non-hydrogen) atoms. The van der Waals surface area contributed by atoms with Crippen LogP contribution in [0.25, 0.3) is 10.9 Å². The lowest BCUT2D eigenvalue weighted by Crippen LogP contribution is -2.39. The Labute approximate surface area is 124 Å². The Bertz CT molecular complexity index is 700. The first-order valence-corrected chi connectivity index (χ1v) is 7.15. The van der Waals surface area contributed by atoms with Crippen molar-refractivity contribution < 1.29 is 4.79 Å². The maximum Gasteiger partial charge on any atom is 0.227 e. The zero-order valence-electron chi connectivity index (χ0n) is 12.4. The van der Waals surface area contributed by atoms with Crippen molar-refractivity contribution in [2.75, 3.05) is 30.8 Å². The Morgan fingerprint density at radius 2 is 2.24 bits per heavy atom. The molecule has 1 unspecified atom stereocenters. The molecule has 3 rings (SSSR count). The second-order valence-electron chi connectivity index (χ2n) is 5.92. The van der Waals surface area contributed by atoms with Gasteiger partial charge in [-0.25, -0.2) is 0 Å². The summed E-state index contributed by atoms with van der Waals surface area (Å²) in [6.07, 6.45) is 2.65. The third-order valence-corrected chi connectivity index (χ3v) is 4.33. The van der Waals surface area contributed by atoms with Crippen LogP contribution in [-0.4, -0.2) is 31.0 Å². The van der Waals surface area contributed by atoms with Gasteiger partial charge in [0.1, 0.15) is 0 Å². The van der Waals surface area contributed by atoms with Gasteiger partial charge in [0, 0.05) is 43.1 Å². The van der Waals surface area contributed by atoms with E-state index in [-0.39, 0.29) is 11.3 Å². The van der Waals surface area contributed by atoms with Crippen LogP contribution in [0.4, 0.5) is 11.4 Å². The molecule has 5 nitrogen and oxygen atoms in total. The van der Waals surface area contributed by atoms with E-state index in [0.29, 0.717) is 5.69 Å². The summed E-state index contributed by atoms with van der Waals surface area (Å²) in [7, 11) is 1.70. The first-order chi connectivity index (χ1) is 10.0. The van der Waals surface area contributed by atoms with Gasteiger partial charge in [0.2, 0.25) is 5.91 Å². The lowest BCUT2D eigenvalue weighted by Gasteiger charge is -2.24. The maximum absolute atomic E-state index is 12.1. The maximum atomic E-state index is 12.1. The second-order valence-corrected chi connectivity index (χ2v) is 5.92. The number of anilines is 2. The highest BCUT2D eigenvalue weighted by Gasteiger charge is 2.40. The molecule has 1 aliphatic rings. The smallest absolute Gasteiger partial charge is 0.227 e. The minimum Gasteiger partial charge on any atom is -0.399 e. The van der Waals surface area contributed by atoms with E-state index < -0.39 is 0 Å². The molecule has 0 spiro atoms. The molecule has 5 heteroatoms. The van der Waals surface area contributed by atoms with Crippen molar-refractivity contribution in [3.05, 3.63) is 30.5 Å². The molecule has 0 aliphatic carbocycles. The number of rotatable bonds is 2. The van der Waals surface area contributed by atoms with Crippen molar-refractivity contribution in [1.82, 2.24) is 10.3 Å². The SMILES string of the molecule is CNC(=O)C1(C)CCN(c2ccnc3cc(N)ccc23)C1. The predicted octanol–water partition coefficient (Wildman–Crippen LogP) is 1.78. The van der Waals surface area contributed by atoms with Gasteiger partial charge in [-0.05, 0) is 37.6 Å². The molecule has 3 N–H and O–H groups in total. The molecule has 1 aromatic heterocycles. The molecular weight excluding hydrogens is 264 g/mol. The summed E-state index contributed by atoms with van der Waals surface area (Å²) in [5.41, 5.74) is 8.21. The molecule has 0 saturated carbocycles. The standard InChI is InChI=1S/C16H20N4O/c1-16(15(21)18-2)6-8-20(10-16)14-5-7-19-13-9-11(17)3-4-12(13)14/h3-5,7,9H,6,8,10,17H2,1-2H3,(H,18,21). The third-order valence-electron chi connectivity index (χ3n) is 4.33. The molecule has 0 bridgehead atoms. The number of fused-ring (bicyclic) bond motifs is 1. The van der Waals surface area contributed by atoms with E-state index in [1.807, 2.05) is 31.2 Å². The molecule has 1 aromatic carbocycles. The van der Waals surface area contributed by atoms with Gasteiger partial charge in [-0.1, -0.05) is 0 Å². The summed E-state index contributed by atoms with van der Waals surface area (Å²) < 4.78 is 0. The molecule has 1 aliphatic heterocycles. The Morgan fingerprint density at radius 1 is 1.43 bits per heavy atom. The first-order valence-electron chi connectivity index (χ1n) is 7.15. The normalized spacial score (nSPS) is 21.7. The fourth-order valence-corrected chi connectivity index (χ4v) is 3.08. The average molecular weight is 284 g/mol. The number of carbonyl (C=O) groups excluding carboxylic acids is 1. The van der Waals surface area contributed by atoms with Gasteiger partial charge in [0.15, 0.2) is 0 Å². The summed E-state index contributed by atoms with van der Waals surface area (Å²) in [5.74, 6) is 0.104. The lowest BCUT2D eigenvalue weighted by molar-refractivity contribution is -0.128. The second kappa shape index (κ2) is 4.91. The molecule has 2 heterocycles. The zero-order chi connectivity index (χ0) is 15.0. The lowest BCUT2D eigenvalue weighted by atomic mass is 9.89. The first kappa shape index (κ1) is 13.7.